The molecule has 1 N–H and O–H groups in total. The molecule has 1 atom stereocenters. The number of hydrogen-bond acceptors (Lipinski definition) is 6. The van der Waals surface area contributed by atoms with Gasteiger partial charge in [0, 0.05) is 44.2 Å². The molecule has 2 aromatic heterocycles. The normalized spacial score (nSPS) is 18.5. The second-order valence-corrected chi connectivity index (χ2v) is 6.29. The molecule has 3 rings (SSSR count). The van der Waals surface area contributed by atoms with E-state index in [9.17, 15) is 0 Å². The van der Waals surface area contributed by atoms with Gasteiger partial charge in [-0.3, -0.25) is 4.90 Å². The van der Waals surface area contributed by atoms with Gasteiger partial charge in [0.2, 0.25) is 5.95 Å². The Hall–Kier alpha value is -2.08. The fourth-order valence-electron chi connectivity index (χ4n) is 3.24. The first-order valence-electron chi connectivity index (χ1n) is 8.84. The van der Waals surface area contributed by atoms with Crippen molar-refractivity contribution >= 4 is 5.95 Å². The van der Waals surface area contributed by atoms with E-state index in [-0.39, 0.29) is 0 Å². The van der Waals surface area contributed by atoms with E-state index in [4.69, 9.17) is 0 Å². The first-order valence-corrected chi connectivity index (χ1v) is 8.84. The topological polar surface area (TPSA) is 66.8 Å². The van der Waals surface area contributed by atoms with Crippen molar-refractivity contribution in [2.75, 3.05) is 18.9 Å². The Labute approximate surface area is 143 Å². The monoisotopic (exact) mass is 326 g/mol. The van der Waals surface area contributed by atoms with E-state index in [1.54, 1.807) is 0 Å². The zero-order valence-corrected chi connectivity index (χ0v) is 14.6. The van der Waals surface area contributed by atoms with Gasteiger partial charge in [-0.1, -0.05) is 13.3 Å². The number of piperidine rings is 1. The van der Waals surface area contributed by atoms with Gasteiger partial charge < -0.3 is 5.32 Å². The third-order valence-corrected chi connectivity index (χ3v) is 4.47. The molecule has 0 aromatic carbocycles. The summed E-state index contributed by atoms with van der Waals surface area (Å²) in [6.45, 7) is 4.10. The molecule has 1 saturated heterocycles. The molecule has 0 saturated carbocycles. The zero-order valence-electron chi connectivity index (χ0n) is 14.6. The highest BCUT2D eigenvalue weighted by Crippen LogP contribution is 2.31. The van der Waals surface area contributed by atoms with E-state index >= 15 is 0 Å². The van der Waals surface area contributed by atoms with E-state index in [2.05, 4.69) is 37.1 Å². The van der Waals surface area contributed by atoms with Crippen molar-refractivity contribution in [3.63, 3.8) is 0 Å². The van der Waals surface area contributed by atoms with Crippen molar-refractivity contribution in [3.8, 4) is 0 Å². The maximum absolute atomic E-state index is 4.65. The summed E-state index contributed by atoms with van der Waals surface area (Å²) in [7, 11) is 1.85. The molecule has 2 aromatic rings. The molecule has 1 aliphatic heterocycles. The second kappa shape index (κ2) is 8.15. The minimum Gasteiger partial charge on any atom is -0.357 e. The van der Waals surface area contributed by atoms with E-state index in [0.717, 1.165) is 43.9 Å². The van der Waals surface area contributed by atoms with Gasteiger partial charge in [-0.25, -0.2) is 19.9 Å². The van der Waals surface area contributed by atoms with Gasteiger partial charge in [0.15, 0.2) is 0 Å². The molecular formula is C18H26N6. The van der Waals surface area contributed by atoms with Crippen molar-refractivity contribution in [1.82, 2.24) is 24.8 Å². The summed E-state index contributed by atoms with van der Waals surface area (Å²) in [4.78, 5) is 20.3. The van der Waals surface area contributed by atoms with Crippen molar-refractivity contribution < 1.29 is 0 Å². The molecule has 24 heavy (non-hydrogen) atoms. The van der Waals surface area contributed by atoms with Crippen LogP contribution in [0.15, 0.2) is 24.7 Å². The number of nitrogens with zero attached hydrogens (tertiary/aromatic N) is 5. The van der Waals surface area contributed by atoms with Crippen LogP contribution in [0.1, 0.15) is 55.7 Å². The Kier molecular flexibility index (Phi) is 5.69. The smallest absolute Gasteiger partial charge is 0.222 e. The van der Waals surface area contributed by atoms with Crippen LogP contribution in [0.4, 0.5) is 5.95 Å². The fraction of sp³-hybridized carbons (Fsp3) is 0.556. The number of likely N-dealkylation sites (tertiary alicyclic amines) is 1. The summed E-state index contributed by atoms with van der Waals surface area (Å²) >= 11 is 0. The van der Waals surface area contributed by atoms with Gasteiger partial charge in [-0.2, -0.15) is 0 Å². The lowest BCUT2D eigenvalue weighted by molar-refractivity contribution is 0.137. The molecule has 1 fully saturated rings. The third-order valence-electron chi connectivity index (χ3n) is 4.47. The number of rotatable bonds is 6. The number of aryl methyl sites for hydroxylation is 1. The van der Waals surface area contributed by atoms with Crippen LogP contribution in [0, 0.1) is 0 Å². The lowest BCUT2D eigenvalue weighted by Crippen LogP contribution is -2.33. The zero-order chi connectivity index (χ0) is 16.8. The van der Waals surface area contributed by atoms with Crippen LogP contribution in [0.5, 0.6) is 0 Å². The van der Waals surface area contributed by atoms with Crippen molar-refractivity contribution in [2.45, 2.75) is 51.6 Å². The predicted molar refractivity (Wildman–Crippen MR) is 94.6 cm³/mol. The first kappa shape index (κ1) is 16.8. The molecule has 128 valence electrons. The van der Waals surface area contributed by atoms with Crippen LogP contribution >= 0.6 is 0 Å². The highest BCUT2D eigenvalue weighted by Gasteiger charge is 2.25. The number of nitrogens with one attached hydrogen (secondary N) is 1. The summed E-state index contributed by atoms with van der Waals surface area (Å²) < 4.78 is 0. The first-order chi connectivity index (χ1) is 11.8. The summed E-state index contributed by atoms with van der Waals surface area (Å²) in [5.74, 6) is 1.62. The Bertz CT molecular complexity index is 642. The summed E-state index contributed by atoms with van der Waals surface area (Å²) in [6.07, 6.45) is 11.4. The maximum Gasteiger partial charge on any atom is 0.222 e. The summed E-state index contributed by atoms with van der Waals surface area (Å²) in [5, 5.41) is 3.03. The molecule has 0 unspecified atom stereocenters. The van der Waals surface area contributed by atoms with Crippen LogP contribution in [-0.2, 0) is 13.0 Å². The SMILES string of the molecule is CCCc1ncc(CN2CCCC[C@@H]2c2ccnc(NC)n2)cn1. The Morgan fingerprint density at radius 1 is 1.21 bits per heavy atom. The maximum atomic E-state index is 4.65. The largest absolute Gasteiger partial charge is 0.357 e. The summed E-state index contributed by atoms with van der Waals surface area (Å²) in [5.41, 5.74) is 2.27. The number of aromatic nitrogens is 4. The fourth-order valence-corrected chi connectivity index (χ4v) is 3.24. The molecule has 6 heteroatoms. The van der Waals surface area contributed by atoms with Crippen LogP contribution in [0.25, 0.3) is 0 Å². The van der Waals surface area contributed by atoms with Crippen LogP contribution in [0.3, 0.4) is 0 Å². The van der Waals surface area contributed by atoms with E-state index in [1.165, 1.54) is 18.4 Å². The Morgan fingerprint density at radius 2 is 2.04 bits per heavy atom. The van der Waals surface area contributed by atoms with Gasteiger partial charge in [-0.15, -0.1) is 0 Å². The lowest BCUT2D eigenvalue weighted by Gasteiger charge is -2.35. The van der Waals surface area contributed by atoms with Gasteiger partial charge in [0.05, 0.1) is 11.7 Å². The van der Waals surface area contributed by atoms with Crippen LogP contribution in [0.2, 0.25) is 0 Å². The van der Waals surface area contributed by atoms with Crippen molar-refractivity contribution in [3.05, 3.63) is 41.7 Å². The van der Waals surface area contributed by atoms with Gasteiger partial charge in [0.1, 0.15) is 5.82 Å². The molecular weight excluding hydrogens is 300 g/mol. The minimum atomic E-state index is 0.337. The molecule has 3 heterocycles. The number of hydrogen-bond donors (Lipinski definition) is 1. The van der Waals surface area contributed by atoms with Crippen molar-refractivity contribution in [2.24, 2.45) is 0 Å². The molecule has 0 bridgehead atoms. The highest BCUT2D eigenvalue weighted by molar-refractivity contribution is 5.25. The second-order valence-electron chi connectivity index (χ2n) is 6.29. The molecule has 6 nitrogen and oxygen atoms in total. The van der Waals surface area contributed by atoms with Gasteiger partial charge >= 0.3 is 0 Å². The van der Waals surface area contributed by atoms with Crippen molar-refractivity contribution in [1.29, 1.82) is 0 Å². The van der Waals surface area contributed by atoms with E-state index in [1.807, 2.05) is 31.7 Å². The Morgan fingerprint density at radius 3 is 2.79 bits per heavy atom. The molecule has 1 aliphatic rings. The van der Waals surface area contributed by atoms with E-state index < -0.39 is 0 Å². The quantitative estimate of drug-likeness (QED) is 0.880. The summed E-state index contributed by atoms with van der Waals surface area (Å²) in [6, 6.07) is 2.37. The molecule has 0 radical (unpaired) electrons. The van der Waals surface area contributed by atoms with Gasteiger partial charge in [0.25, 0.3) is 0 Å². The van der Waals surface area contributed by atoms with E-state index in [0.29, 0.717) is 12.0 Å². The van der Waals surface area contributed by atoms with Crippen LogP contribution in [-0.4, -0.2) is 38.4 Å². The molecule has 0 spiro atoms. The highest BCUT2D eigenvalue weighted by atomic mass is 15.2. The van der Waals surface area contributed by atoms with Gasteiger partial charge in [-0.05, 0) is 31.9 Å². The third kappa shape index (κ3) is 4.06. The van der Waals surface area contributed by atoms with Crippen LogP contribution < -0.4 is 5.32 Å². The lowest BCUT2D eigenvalue weighted by atomic mass is 9.98. The molecule has 0 amide bonds. The standard InChI is InChI=1S/C18H26N6/c1-3-6-17-21-11-14(12-22-17)13-24-10-5-4-7-16(24)15-8-9-20-18(19-2)23-15/h8-9,11-12,16H,3-7,10,13H2,1-2H3,(H,19,20,23)/t16-/m1/s1. The molecule has 0 aliphatic carbocycles. The average Bonchev–Trinajstić information content (AvgIpc) is 2.64. The number of anilines is 1. The average molecular weight is 326 g/mol. The predicted octanol–water partition coefficient (Wildman–Crippen LogP) is 2.99. The Balaban J connectivity index is 1.74. The minimum absolute atomic E-state index is 0.337.